The number of nitrogens with one attached hydrogen (secondary N) is 1. The SMILES string of the molecule is S=c1[nH]nc(Cc2ccc(Cl)cc2Cl)s1. The number of aromatic nitrogens is 2. The molecule has 0 saturated carbocycles. The smallest absolute Gasteiger partial charge is 0.176 e. The van der Waals surface area contributed by atoms with Crippen molar-refractivity contribution in [1.82, 2.24) is 10.2 Å². The van der Waals surface area contributed by atoms with Gasteiger partial charge in [0.15, 0.2) is 3.95 Å². The van der Waals surface area contributed by atoms with Crippen molar-refractivity contribution < 1.29 is 0 Å². The average molecular weight is 277 g/mol. The lowest BCUT2D eigenvalue weighted by molar-refractivity contribution is 0.997. The van der Waals surface area contributed by atoms with Gasteiger partial charge in [-0.2, -0.15) is 5.10 Å². The topological polar surface area (TPSA) is 28.7 Å². The summed E-state index contributed by atoms with van der Waals surface area (Å²) in [5, 5.41) is 9.02. The third-order valence-corrected chi connectivity index (χ3v) is 3.52. The van der Waals surface area contributed by atoms with Crippen LogP contribution < -0.4 is 0 Å². The number of benzene rings is 1. The Morgan fingerprint density at radius 1 is 1.40 bits per heavy atom. The zero-order chi connectivity index (χ0) is 10.8. The molecule has 1 heterocycles. The highest BCUT2D eigenvalue weighted by molar-refractivity contribution is 7.73. The summed E-state index contributed by atoms with van der Waals surface area (Å²) < 4.78 is 0.676. The fraction of sp³-hybridized carbons (Fsp3) is 0.111. The summed E-state index contributed by atoms with van der Waals surface area (Å²) in [6.07, 6.45) is 0.674. The Kier molecular flexibility index (Phi) is 3.41. The van der Waals surface area contributed by atoms with E-state index in [-0.39, 0.29) is 0 Å². The fourth-order valence-corrected chi connectivity index (χ4v) is 2.60. The summed E-state index contributed by atoms with van der Waals surface area (Å²) in [4.78, 5) is 0. The number of H-pyrrole nitrogens is 1. The highest BCUT2D eigenvalue weighted by Gasteiger charge is 2.05. The average Bonchev–Trinajstić information content (AvgIpc) is 2.56. The molecule has 2 aromatic rings. The van der Waals surface area contributed by atoms with Gasteiger partial charge in [0.2, 0.25) is 0 Å². The van der Waals surface area contributed by atoms with Gasteiger partial charge in [-0.05, 0) is 29.9 Å². The van der Waals surface area contributed by atoms with Gasteiger partial charge in [0.1, 0.15) is 5.01 Å². The molecule has 0 spiro atoms. The largest absolute Gasteiger partial charge is 0.258 e. The molecule has 2 nitrogen and oxygen atoms in total. The van der Waals surface area contributed by atoms with Crippen molar-refractivity contribution in [3.63, 3.8) is 0 Å². The van der Waals surface area contributed by atoms with E-state index < -0.39 is 0 Å². The molecule has 6 heteroatoms. The van der Waals surface area contributed by atoms with E-state index in [0.717, 1.165) is 10.6 Å². The molecule has 2 rings (SSSR count). The second-order valence-electron chi connectivity index (χ2n) is 2.92. The van der Waals surface area contributed by atoms with Crippen molar-refractivity contribution in [2.24, 2.45) is 0 Å². The molecular weight excluding hydrogens is 271 g/mol. The van der Waals surface area contributed by atoms with Crippen molar-refractivity contribution in [3.8, 4) is 0 Å². The highest BCUT2D eigenvalue weighted by atomic mass is 35.5. The van der Waals surface area contributed by atoms with Gasteiger partial charge < -0.3 is 0 Å². The van der Waals surface area contributed by atoms with Crippen LogP contribution in [-0.2, 0) is 6.42 Å². The summed E-state index contributed by atoms with van der Waals surface area (Å²) in [6.45, 7) is 0. The van der Waals surface area contributed by atoms with Crippen LogP contribution in [0, 0.1) is 3.95 Å². The Morgan fingerprint density at radius 3 is 2.80 bits per heavy atom. The lowest BCUT2D eigenvalue weighted by Crippen LogP contribution is -1.88. The van der Waals surface area contributed by atoms with Crippen molar-refractivity contribution in [3.05, 3.63) is 42.8 Å². The van der Waals surface area contributed by atoms with Crippen molar-refractivity contribution >= 4 is 46.8 Å². The molecule has 0 amide bonds. The van der Waals surface area contributed by atoms with Crippen molar-refractivity contribution in [2.45, 2.75) is 6.42 Å². The van der Waals surface area contributed by atoms with Gasteiger partial charge in [-0.3, -0.25) is 5.10 Å². The second-order valence-corrected chi connectivity index (χ2v) is 5.51. The lowest BCUT2D eigenvalue weighted by Gasteiger charge is -2.01. The maximum atomic E-state index is 6.04. The Balaban J connectivity index is 2.28. The van der Waals surface area contributed by atoms with Crippen LogP contribution in [0.4, 0.5) is 0 Å². The molecule has 0 unspecified atom stereocenters. The predicted molar refractivity (Wildman–Crippen MR) is 66.6 cm³/mol. The number of hydrogen-bond acceptors (Lipinski definition) is 3. The molecule has 1 aromatic heterocycles. The number of nitrogens with zero attached hydrogens (tertiary/aromatic N) is 1. The van der Waals surface area contributed by atoms with Crippen molar-refractivity contribution in [1.29, 1.82) is 0 Å². The van der Waals surface area contributed by atoms with E-state index in [1.165, 1.54) is 11.3 Å². The molecule has 0 aliphatic carbocycles. The molecular formula is C9H6Cl2N2S2. The molecule has 0 atom stereocenters. The van der Waals surface area contributed by atoms with E-state index in [1.807, 2.05) is 12.1 Å². The summed E-state index contributed by atoms with van der Waals surface area (Å²) in [5.74, 6) is 0. The number of rotatable bonds is 2. The standard InChI is InChI=1S/C9H6Cl2N2S2/c10-6-2-1-5(7(11)4-6)3-8-12-13-9(14)15-8/h1-2,4H,3H2,(H,13,14). The molecule has 0 aliphatic heterocycles. The fourth-order valence-electron chi connectivity index (χ4n) is 1.16. The van der Waals surface area contributed by atoms with Crippen LogP contribution in [0.5, 0.6) is 0 Å². The van der Waals surface area contributed by atoms with Gasteiger partial charge in [-0.15, -0.1) is 0 Å². The lowest BCUT2D eigenvalue weighted by atomic mass is 10.2. The minimum absolute atomic E-state index is 0.637. The van der Waals surface area contributed by atoms with Gasteiger partial charge in [0.05, 0.1) is 0 Å². The normalized spacial score (nSPS) is 10.5. The maximum absolute atomic E-state index is 6.04. The molecule has 1 aromatic carbocycles. The monoisotopic (exact) mass is 276 g/mol. The minimum atomic E-state index is 0.637. The van der Waals surface area contributed by atoms with Crippen molar-refractivity contribution in [2.75, 3.05) is 0 Å². The Morgan fingerprint density at radius 2 is 2.20 bits per heavy atom. The third kappa shape index (κ3) is 2.78. The van der Waals surface area contributed by atoms with Gasteiger partial charge in [0.25, 0.3) is 0 Å². The Hall–Kier alpha value is -0.420. The van der Waals surface area contributed by atoms with E-state index in [4.69, 9.17) is 35.4 Å². The molecule has 78 valence electrons. The quantitative estimate of drug-likeness (QED) is 0.837. The van der Waals surface area contributed by atoms with Gasteiger partial charge in [-0.1, -0.05) is 40.6 Å². The summed E-state index contributed by atoms with van der Waals surface area (Å²) in [6, 6.07) is 5.44. The zero-order valence-corrected chi connectivity index (χ0v) is 10.6. The zero-order valence-electron chi connectivity index (χ0n) is 7.46. The Labute approximate surface area is 106 Å². The molecule has 0 aliphatic rings. The summed E-state index contributed by atoms with van der Waals surface area (Å²) in [5.41, 5.74) is 0.999. The van der Waals surface area contributed by atoms with E-state index in [0.29, 0.717) is 20.4 Å². The molecule has 0 bridgehead atoms. The van der Waals surface area contributed by atoms with E-state index in [9.17, 15) is 0 Å². The summed E-state index contributed by atoms with van der Waals surface area (Å²) >= 11 is 18.2. The Bertz CT molecular complexity index is 533. The van der Waals surface area contributed by atoms with Gasteiger partial charge >= 0.3 is 0 Å². The molecule has 1 N–H and O–H groups in total. The first-order chi connectivity index (χ1) is 7.15. The highest BCUT2D eigenvalue weighted by Crippen LogP contribution is 2.23. The molecule has 15 heavy (non-hydrogen) atoms. The molecule has 0 fully saturated rings. The summed E-state index contributed by atoms with van der Waals surface area (Å²) in [7, 11) is 0. The predicted octanol–water partition coefficient (Wildman–Crippen LogP) is 4.10. The first-order valence-corrected chi connectivity index (χ1v) is 6.11. The van der Waals surface area contributed by atoms with Crippen LogP contribution in [0.25, 0.3) is 0 Å². The van der Waals surface area contributed by atoms with E-state index in [2.05, 4.69) is 10.2 Å². The maximum Gasteiger partial charge on any atom is 0.176 e. The van der Waals surface area contributed by atoms with Crippen LogP contribution in [-0.4, -0.2) is 10.2 Å². The number of aromatic amines is 1. The van der Waals surface area contributed by atoms with Crippen LogP contribution >= 0.6 is 46.8 Å². The molecule has 0 saturated heterocycles. The number of halogens is 2. The third-order valence-electron chi connectivity index (χ3n) is 1.84. The van der Waals surface area contributed by atoms with E-state index >= 15 is 0 Å². The second kappa shape index (κ2) is 4.61. The van der Waals surface area contributed by atoms with Crippen LogP contribution in [0.15, 0.2) is 18.2 Å². The van der Waals surface area contributed by atoms with Gasteiger partial charge in [0, 0.05) is 16.5 Å². The first kappa shape index (κ1) is 11.1. The van der Waals surface area contributed by atoms with E-state index in [1.54, 1.807) is 6.07 Å². The first-order valence-electron chi connectivity index (χ1n) is 4.13. The number of hydrogen-bond donors (Lipinski definition) is 1. The van der Waals surface area contributed by atoms with Crippen LogP contribution in [0.1, 0.15) is 10.6 Å². The minimum Gasteiger partial charge on any atom is -0.258 e. The molecule has 0 radical (unpaired) electrons. The van der Waals surface area contributed by atoms with Crippen LogP contribution in [0.2, 0.25) is 10.0 Å². The van der Waals surface area contributed by atoms with Crippen LogP contribution in [0.3, 0.4) is 0 Å². The van der Waals surface area contributed by atoms with Gasteiger partial charge in [-0.25, -0.2) is 0 Å².